The van der Waals surface area contributed by atoms with Crippen molar-refractivity contribution in [2.24, 2.45) is 5.73 Å². The summed E-state index contributed by atoms with van der Waals surface area (Å²) in [6.07, 6.45) is 0. The molecular weight excluding hydrogens is 188 g/mol. The minimum absolute atomic E-state index is 0.460. The average molecular weight is 208 g/mol. The van der Waals surface area contributed by atoms with Gasteiger partial charge in [-0.05, 0) is 38.1 Å². The van der Waals surface area contributed by atoms with Crippen LogP contribution in [0.2, 0.25) is 0 Å². The molecule has 0 bridgehead atoms. The minimum Gasteiger partial charge on any atom is -0.497 e. The van der Waals surface area contributed by atoms with E-state index in [0.717, 1.165) is 12.3 Å². The second kappa shape index (κ2) is 5.61. The Hall–Kier alpha value is -1.22. The summed E-state index contributed by atoms with van der Waals surface area (Å²) in [6.45, 7) is 5.88. The first kappa shape index (κ1) is 11.9. The van der Waals surface area contributed by atoms with Crippen LogP contribution in [-0.4, -0.2) is 26.2 Å². The van der Waals surface area contributed by atoms with Crippen LogP contribution < -0.4 is 15.4 Å². The lowest BCUT2D eigenvalue weighted by molar-refractivity contribution is 0.415. The molecule has 1 rings (SSSR count). The Labute approximate surface area is 91.8 Å². The molecule has 1 aromatic carbocycles. The molecule has 3 heteroatoms. The Bertz CT molecular complexity index is 282. The molecule has 0 saturated heterocycles. The molecule has 0 radical (unpaired) electrons. The van der Waals surface area contributed by atoms with E-state index in [1.165, 1.54) is 5.69 Å². The maximum Gasteiger partial charge on any atom is 0.119 e. The molecule has 3 nitrogen and oxygen atoms in total. The Morgan fingerprint density at radius 3 is 2.27 bits per heavy atom. The second-order valence-corrected chi connectivity index (χ2v) is 3.77. The maximum atomic E-state index is 5.59. The third-order valence-electron chi connectivity index (χ3n) is 2.40. The zero-order valence-electron chi connectivity index (χ0n) is 9.73. The predicted octanol–water partition coefficient (Wildman–Crippen LogP) is 1.87. The summed E-state index contributed by atoms with van der Waals surface area (Å²) in [7, 11) is 1.68. The third-order valence-corrected chi connectivity index (χ3v) is 2.40. The first-order valence-corrected chi connectivity index (χ1v) is 5.29. The molecule has 15 heavy (non-hydrogen) atoms. The van der Waals surface area contributed by atoms with Crippen molar-refractivity contribution in [2.45, 2.75) is 19.9 Å². The van der Waals surface area contributed by atoms with Crippen molar-refractivity contribution in [1.82, 2.24) is 0 Å². The molecule has 1 aromatic rings. The molecule has 0 aromatic heterocycles. The number of hydrogen-bond donors (Lipinski definition) is 1. The van der Waals surface area contributed by atoms with Crippen molar-refractivity contribution in [1.29, 1.82) is 0 Å². The monoisotopic (exact) mass is 208 g/mol. The Kier molecular flexibility index (Phi) is 4.43. The number of nitrogens with two attached hydrogens (primary N) is 1. The van der Waals surface area contributed by atoms with Gasteiger partial charge in [0.15, 0.2) is 0 Å². The Balaban J connectivity index is 2.81. The summed E-state index contributed by atoms with van der Waals surface area (Å²) >= 11 is 0. The van der Waals surface area contributed by atoms with Gasteiger partial charge in [-0.3, -0.25) is 0 Å². The molecule has 0 amide bonds. The van der Waals surface area contributed by atoms with Gasteiger partial charge in [-0.1, -0.05) is 0 Å². The van der Waals surface area contributed by atoms with Crippen LogP contribution in [0.5, 0.6) is 5.75 Å². The molecule has 0 atom stereocenters. The van der Waals surface area contributed by atoms with Crippen molar-refractivity contribution in [3.63, 3.8) is 0 Å². The number of hydrogen-bond acceptors (Lipinski definition) is 3. The van der Waals surface area contributed by atoms with E-state index in [9.17, 15) is 0 Å². The summed E-state index contributed by atoms with van der Waals surface area (Å²) in [5.41, 5.74) is 6.79. The van der Waals surface area contributed by atoms with Crippen LogP contribution in [0.25, 0.3) is 0 Å². The number of rotatable bonds is 5. The van der Waals surface area contributed by atoms with E-state index in [0.29, 0.717) is 12.6 Å². The highest BCUT2D eigenvalue weighted by molar-refractivity contribution is 5.49. The summed E-state index contributed by atoms with van der Waals surface area (Å²) in [6, 6.07) is 8.53. The van der Waals surface area contributed by atoms with E-state index in [-0.39, 0.29) is 0 Å². The lowest BCUT2D eigenvalue weighted by atomic mass is 10.2. The number of methoxy groups -OCH3 is 1. The first-order valence-electron chi connectivity index (χ1n) is 5.29. The molecule has 0 aliphatic rings. The SMILES string of the molecule is COc1ccc(N(CCN)C(C)C)cc1. The standard InChI is InChI=1S/C12H20N2O/c1-10(2)14(9-8-13)11-4-6-12(15-3)7-5-11/h4-7,10H,8-9,13H2,1-3H3. The second-order valence-electron chi connectivity index (χ2n) is 3.77. The normalized spacial score (nSPS) is 10.5. The van der Waals surface area contributed by atoms with Gasteiger partial charge in [0.2, 0.25) is 0 Å². The summed E-state index contributed by atoms with van der Waals surface area (Å²) in [5, 5.41) is 0. The van der Waals surface area contributed by atoms with E-state index >= 15 is 0 Å². The highest BCUT2D eigenvalue weighted by Crippen LogP contribution is 2.20. The molecule has 0 fully saturated rings. The zero-order valence-corrected chi connectivity index (χ0v) is 9.73. The highest BCUT2D eigenvalue weighted by Gasteiger charge is 2.08. The van der Waals surface area contributed by atoms with Gasteiger partial charge < -0.3 is 15.4 Å². The minimum atomic E-state index is 0.460. The van der Waals surface area contributed by atoms with Crippen molar-refractivity contribution in [3.8, 4) is 5.75 Å². The molecular formula is C12H20N2O. The van der Waals surface area contributed by atoms with Crippen LogP contribution in [0.3, 0.4) is 0 Å². The Morgan fingerprint density at radius 1 is 1.27 bits per heavy atom. The summed E-state index contributed by atoms with van der Waals surface area (Å²) in [4.78, 5) is 2.28. The lowest BCUT2D eigenvalue weighted by Gasteiger charge is -2.28. The third kappa shape index (κ3) is 3.13. The maximum absolute atomic E-state index is 5.59. The van der Waals surface area contributed by atoms with Crippen LogP contribution >= 0.6 is 0 Å². The topological polar surface area (TPSA) is 38.5 Å². The average Bonchev–Trinajstić information content (AvgIpc) is 2.26. The van der Waals surface area contributed by atoms with E-state index in [2.05, 4.69) is 30.9 Å². The van der Waals surface area contributed by atoms with Crippen LogP contribution in [0.4, 0.5) is 5.69 Å². The van der Waals surface area contributed by atoms with E-state index < -0.39 is 0 Å². The fourth-order valence-corrected chi connectivity index (χ4v) is 1.60. The number of anilines is 1. The van der Waals surface area contributed by atoms with E-state index in [1.807, 2.05) is 12.1 Å². The van der Waals surface area contributed by atoms with Gasteiger partial charge in [0, 0.05) is 24.8 Å². The van der Waals surface area contributed by atoms with Gasteiger partial charge in [0.25, 0.3) is 0 Å². The van der Waals surface area contributed by atoms with E-state index in [1.54, 1.807) is 7.11 Å². The van der Waals surface area contributed by atoms with Gasteiger partial charge in [-0.2, -0.15) is 0 Å². The van der Waals surface area contributed by atoms with Crippen LogP contribution in [0.1, 0.15) is 13.8 Å². The van der Waals surface area contributed by atoms with Gasteiger partial charge in [0.1, 0.15) is 5.75 Å². The lowest BCUT2D eigenvalue weighted by Crippen LogP contribution is -2.35. The predicted molar refractivity (Wildman–Crippen MR) is 64.5 cm³/mol. The van der Waals surface area contributed by atoms with Crippen molar-refractivity contribution >= 4 is 5.69 Å². The van der Waals surface area contributed by atoms with Gasteiger partial charge in [-0.25, -0.2) is 0 Å². The fourth-order valence-electron chi connectivity index (χ4n) is 1.60. The van der Waals surface area contributed by atoms with Crippen LogP contribution in [0.15, 0.2) is 24.3 Å². The summed E-state index contributed by atoms with van der Waals surface area (Å²) < 4.78 is 5.13. The zero-order chi connectivity index (χ0) is 11.3. The quantitative estimate of drug-likeness (QED) is 0.802. The molecule has 0 aliphatic heterocycles. The van der Waals surface area contributed by atoms with E-state index in [4.69, 9.17) is 10.5 Å². The van der Waals surface area contributed by atoms with Gasteiger partial charge in [0.05, 0.1) is 7.11 Å². The number of nitrogens with zero attached hydrogens (tertiary/aromatic N) is 1. The smallest absolute Gasteiger partial charge is 0.119 e. The molecule has 0 aliphatic carbocycles. The molecule has 84 valence electrons. The van der Waals surface area contributed by atoms with Crippen LogP contribution in [0, 0.1) is 0 Å². The molecule has 0 saturated carbocycles. The Morgan fingerprint density at radius 2 is 1.87 bits per heavy atom. The molecule has 0 spiro atoms. The highest BCUT2D eigenvalue weighted by atomic mass is 16.5. The van der Waals surface area contributed by atoms with Crippen molar-refractivity contribution in [3.05, 3.63) is 24.3 Å². The molecule has 2 N–H and O–H groups in total. The summed E-state index contributed by atoms with van der Waals surface area (Å²) in [5.74, 6) is 0.884. The van der Waals surface area contributed by atoms with Crippen molar-refractivity contribution < 1.29 is 4.74 Å². The van der Waals surface area contributed by atoms with Crippen molar-refractivity contribution in [2.75, 3.05) is 25.1 Å². The van der Waals surface area contributed by atoms with Gasteiger partial charge in [-0.15, -0.1) is 0 Å². The molecule has 0 unspecified atom stereocenters. The first-order chi connectivity index (χ1) is 7.19. The largest absolute Gasteiger partial charge is 0.497 e. The number of benzene rings is 1. The molecule has 0 heterocycles. The van der Waals surface area contributed by atoms with Gasteiger partial charge >= 0.3 is 0 Å². The number of ether oxygens (including phenoxy) is 1. The fraction of sp³-hybridized carbons (Fsp3) is 0.500. The van der Waals surface area contributed by atoms with Crippen LogP contribution in [-0.2, 0) is 0 Å².